The maximum absolute atomic E-state index is 4.47. The standard InChI is InChI=1S/C16H22N2/c1-16(11-7-3-2-4-8-12-16)15-13-9-5-6-10-14(13)17-18-15/h5-6,9-10H,2-4,7-8,11-12H2,1H3,(H,17,18). The number of hydrogen-bond acceptors (Lipinski definition) is 1. The van der Waals surface area contributed by atoms with Gasteiger partial charge in [-0.25, -0.2) is 0 Å². The molecule has 1 heterocycles. The Morgan fingerprint density at radius 3 is 2.44 bits per heavy atom. The monoisotopic (exact) mass is 242 g/mol. The van der Waals surface area contributed by atoms with Crippen molar-refractivity contribution in [2.45, 2.75) is 57.3 Å². The van der Waals surface area contributed by atoms with Crippen molar-refractivity contribution in [2.24, 2.45) is 0 Å². The molecular formula is C16H22N2. The highest BCUT2D eigenvalue weighted by molar-refractivity contribution is 5.82. The first kappa shape index (κ1) is 11.8. The van der Waals surface area contributed by atoms with Gasteiger partial charge in [-0.2, -0.15) is 5.10 Å². The minimum atomic E-state index is 0.288. The van der Waals surface area contributed by atoms with E-state index < -0.39 is 0 Å². The fourth-order valence-corrected chi connectivity index (χ4v) is 3.35. The van der Waals surface area contributed by atoms with Crippen LogP contribution in [-0.4, -0.2) is 10.2 Å². The van der Waals surface area contributed by atoms with E-state index in [0.29, 0.717) is 0 Å². The molecule has 0 amide bonds. The van der Waals surface area contributed by atoms with Gasteiger partial charge in [0.05, 0.1) is 5.52 Å². The lowest BCUT2D eigenvalue weighted by Gasteiger charge is -2.30. The van der Waals surface area contributed by atoms with Crippen LogP contribution in [-0.2, 0) is 5.41 Å². The quantitative estimate of drug-likeness (QED) is 0.780. The van der Waals surface area contributed by atoms with Gasteiger partial charge in [0.2, 0.25) is 0 Å². The van der Waals surface area contributed by atoms with Gasteiger partial charge in [-0.1, -0.05) is 57.2 Å². The number of nitrogens with one attached hydrogen (secondary N) is 1. The number of aromatic amines is 1. The molecule has 0 radical (unpaired) electrons. The first-order valence-electron chi connectivity index (χ1n) is 7.23. The molecule has 1 aliphatic rings. The smallest absolute Gasteiger partial charge is 0.0923 e. The van der Waals surface area contributed by atoms with Crippen molar-refractivity contribution in [1.82, 2.24) is 10.2 Å². The molecule has 0 aliphatic heterocycles. The van der Waals surface area contributed by atoms with Crippen LogP contribution < -0.4 is 0 Å². The summed E-state index contributed by atoms with van der Waals surface area (Å²) in [7, 11) is 0. The van der Waals surface area contributed by atoms with Gasteiger partial charge >= 0.3 is 0 Å². The minimum Gasteiger partial charge on any atom is -0.281 e. The third kappa shape index (κ3) is 2.05. The van der Waals surface area contributed by atoms with Crippen LogP contribution >= 0.6 is 0 Å². The molecule has 96 valence electrons. The Morgan fingerprint density at radius 1 is 1.00 bits per heavy atom. The van der Waals surface area contributed by atoms with E-state index in [1.807, 2.05) is 0 Å². The summed E-state index contributed by atoms with van der Waals surface area (Å²) in [5, 5.41) is 9.11. The largest absolute Gasteiger partial charge is 0.281 e. The molecule has 18 heavy (non-hydrogen) atoms. The molecule has 0 bridgehead atoms. The van der Waals surface area contributed by atoms with Crippen molar-refractivity contribution < 1.29 is 0 Å². The Labute approximate surface area is 109 Å². The Morgan fingerprint density at radius 2 is 1.67 bits per heavy atom. The molecule has 0 saturated heterocycles. The average molecular weight is 242 g/mol. The Hall–Kier alpha value is -1.31. The number of fused-ring (bicyclic) bond motifs is 1. The summed E-state index contributed by atoms with van der Waals surface area (Å²) in [5.74, 6) is 0. The van der Waals surface area contributed by atoms with E-state index in [1.54, 1.807) is 0 Å². The van der Waals surface area contributed by atoms with E-state index in [0.717, 1.165) is 5.52 Å². The van der Waals surface area contributed by atoms with Crippen LogP contribution in [0.25, 0.3) is 10.9 Å². The van der Waals surface area contributed by atoms with Crippen molar-refractivity contribution in [3.8, 4) is 0 Å². The first-order valence-corrected chi connectivity index (χ1v) is 7.23. The lowest BCUT2D eigenvalue weighted by molar-refractivity contribution is 0.335. The van der Waals surface area contributed by atoms with E-state index in [9.17, 15) is 0 Å². The second kappa shape index (κ2) is 4.75. The second-order valence-corrected chi connectivity index (χ2v) is 5.94. The molecule has 1 aliphatic carbocycles. The van der Waals surface area contributed by atoms with E-state index >= 15 is 0 Å². The Balaban J connectivity index is 2.00. The number of rotatable bonds is 1. The molecular weight excluding hydrogens is 220 g/mol. The van der Waals surface area contributed by atoms with Gasteiger partial charge in [0.15, 0.2) is 0 Å². The molecule has 1 aromatic carbocycles. The van der Waals surface area contributed by atoms with Gasteiger partial charge in [-0.05, 0) is 18.9 Å². The predicted octanol–water partition coefficient (Wildman–Crippen LogP) is 4.56. The predicted molar refractivity (Wildman–Crippen MR) is 75.8 cm³/mol. The lowest BCUT2D eigenvalue weighted by Crippen LogP contribution is -2.24. The van der Waals surface area contributed by atoms with Crippen LogP contribution in [0.3, 0.4) is 0 Å². The van der Waals surface area contributed by atoms with Crippen LogP contribution in [0, 0.1) is 0 Å². The molecule has 3 rings (SSSR count). The first-order chi connectivity index (χ1) is 8.80. The van der Waals surface area contributed by atoms with Crippen LogP contribution in [0.5, 0.6) is 0 Å². The number of para-hydroxylation sites is 1. The van der Waals surface area contributed by atoms with Crippen molar-refractivity contribution >= 4 is 10.9 Å². The summed E-state index contributed by atoms with van der Waals surface area (Å²) in [4.78, 5) is 0. The summed E-state index contributed by atoms with van der Waals surface area (Å²) >= 11 is 0. The normalized spacial score (nSPS) is 20.5. The fraction of sp³-hybridized carbons (Fsp3) is 0.562. The van der Waals surface area contributed by atoms with Crippen LogP contribution in [0.2, 0.25) is 0 Å². The maximum Gasteiger partial charge on any atom is 0.0923 e. The molecule has 2 nitrogen and oxygen atoms in total. The zero-order valence-electron chi connectivity index (χ0n) is 11.2. The summed E-state index contributed by atoms with van der Waals surface area (Å²) in [6, 6.07) is 8.49. The SMILES string of the molecule is CC1(c2[nH]nc3ccccc23)CCCCCCC1. The van der Waals surface area contributed by atoms with Gasteiger partial charge in [-0.15, -0.1) is 0 Å². The van der Waals surface area contributed by atoms with E-state index in [1.165, 1.54) is 56.0 Å². The second-order valence-electron chi connectivity index (χ2n) is 5.94. The zero-order valence-corrected chi connectivity index (χ0v) is 11.2. The van der Waals surface area contributed by atoms with Gasteiger partial charge in [0.1, 0.15) is 0 Å². The number of aromatic nitrogens is 2. The number of H-pyrrole nitrogens is 1. The Kier molecular flexibility index (Phi) is 3.11. The number of nitrogens with zero attached hydrogens (tertiary/aromatic N) is 1. The summed E-state index contributed by atoms with van der Waals surface area (Å²) in [6.07, 6.45) is 9.48. The molecule has 1 fully saturated rings. The minimum absolute atomic E-state index is 0.288. The van der Waals surface area contributed by atoms with E-state index in [4.69, 9.17) is 0 Å². The highest BCUT2D eigenvalue weighted by atomic mass is 15.1. The average Bonchev–Trinajstić information content (AvgIpc) is 2.79. The molecule has 1 N–H and O–H groups in total. The molecule has 1 saturated carbocycles. The van der Waals surface area contributed by atoms with Crippen molar-refractivity contribution in [1.29, 1.82) is 0 Å². The molecule has 1 aromatic heterocycles. The maximum atomic E-state index is 4.47. The molecule has 0 spiro atoms. The van der Waals surface area contributed by atoms with Crippen LogP contribution in [0.1, 0.15) is 57.6 Å². The fourth-order valence-electron chi connectivity index (χ4n) is 3.35. The van der Waals surface area contributed by atoms with Crippen molar-refractivity contribution in [3.63, 3.8) is 0 Å². The highest BCUT2D eigenvalue weighted by Gasteiger charge is 2.30. The van der Waals surface area contributed by atoms with Gasteiger partial charge in [0, 0.05) is 16.5 Å². The summed E-state index contributed by atoms with van der Waals surface area (Å²) in [6.45, 7) is 2.41. The summed E-state index contributed by atoms with van der Waals surface area (Å²) in [5.41, 5.74) is 2.76. The third-order valence-electron chi connectivity index (χ3n) is 4.52. The van der Waals surface area contributed by atoms with Gasteiger partial charge in [-0.3, -0.25) is 5.10 Å². The van der Waals surface area contributed by atoms with Gasteiger partial charge < -0.3 is 0 Å². The number of hydrogen-bond donors (Lipinski definition) is 1. The number of benzene rings is 1. The Bertz CT molecular complexity index is 519. The summed E-state index contributed by atoms with van der Waals surface area (Å²) < 4.78 is 0. The van der Waals surface area contributed by atoms with Crippen LogP contribution in [0.4, 0.5) is 0 Å². The topological polar surface area (TPSA) is 28.7 Å². The van der Waals surface area contributed by atoms with E-state index in [-0.39, 0.29) is 5.41 Å². The van der Waals surface area contributed by atoms with Crippen LogP contribution in [0.15, 0.2) is 24.3 Å². The molecule has 0 unspecified atom stereocenters. The van der Waals surface area contributed by atoms with E-state index in [2.05, 4.69) is 41.4 Å². The molecule has 0 atom stereocenters. The van der Waals surface area contributed by atoms with Gasteiger partial charge in [0.25, 0.3) is 0 Å². The van der Waals surface area contributed by atoms with Crippen molar-refractivity contribution in [3.05, 3.63) is 30.0 Å². The zero-order chi connectivity index (χ0) is 12.4. The van der Waals surface area contributed by atoms with Crippen molar-refractivity contribution in [2.75, 3.05) is 0 Å². The highest BCUT2D eigenvalue weighted by Crippen LogP contribution is 2.39. The molecule has 2 aromatic rings. The molecule has 2 heteroatoms. The lowest BCUT2D eigenvalue weighted by atomic mass is 9.74. The third-order valence-corrected chi connectivity index (χ3v) is 4.52.